The smallest absolute Gasteiger partial charge is 0.226 e. The molecule has 2 aromatic heterocycles. The van der Waals surface area contributed by atoms with Gasteiger partial charge in [0.2, 0.25) is 5.95 Å². The highest BCUT2D eigenvalue weighted by molar-refractivity contribution is 5.86. The molecule has 0 aliphatic heterocycles. The molecule has 2 aromatic rings. The number of rotatable bonds is 7. The van der Waals surface area contributed by atoms with Crippen molar-refractivity contribution >= 4 is 22.8 Å². The Morgan fingerprint density at radius 2 is 2.10 bits per heavy atom. The Balaban J connectivity index is 1.80. The minimum atomic E-state index is 0.494. The van der Waals surface area contributed by atoms with Crippen LogP contribution in [0.4, 0.5) is 11.8 Å². The van der Waals surface area contributed by atoms with Crippen LogP contribution < -0.4 is 10.6 Å². The predicted molar refractivity (Wildman–Crippen MR) is 80.9 cm³/mol. The van der Waals surface area contributed by atoms with E-state index in [1.54, 1.807) is 6.20 Å². The second kappa shape index (κ2) is 5.26. The summed E-state index contributed by atoms with van der Waals surface area (Å²) in [6.45, 7) is 6.08. The highest BCUT2D eigenvalue weighted by Crippen LogP contribution is 2.49. The first kappa shape index (κ1) is 13.1. The van der Waals surface area contributed by atoms with E-state index in [4.69, 9.17) is 0 Å². The fourth-order valence-corrected chi connectivity index (χ4v) is 2.70. The van der Waals surface area contributed by atoms with E-state index in [9.17, 15) is 0 Å². The van der Waals surface area contributed by atoms with Crippen LogP contribution in [0.5, 0.6) is 0 Å². The van der Waals surface area contributed by atoms with Gasteiger partial charge in [-0.3, -0.25) is 5.10 Å². The molecule has 3 N–H and O–H groups in total. The first-order valence-electron chi connectivity index (χ1n) is 7.45. The van der Waals surface area contributed by atoms with Crippen LogP contribution in [-0.4, -0.2) is 33.3 Å². The molecular formula is C14H22N6. The molecule has 0 atom stereocenters. The number of nitrogens with zero attached hydrogens (tertiary/aromatic N) is 3. The van der Waals surface area contributed by atoms with Crippen LogP contribution in [0.2, 0.25) is 0 Å². The second-order valence-corrected chi connectivity index (χ2v) is 5.66. The summed E-state index contributed by atoms with van der Waals surface area (Å²) in [7, 11) is 0. The monoisotopic (exact) mass is 274 g/mol. The lowest BCUT2D eigenvalue weighted by atomic mass is 10.0. The maximum absolute atomic E-state index is 4.56. The minimum Gasteiger partial charge on any atom is -0.369 e. The molecule has 1 saturated carbocycles. The second-order valence-electron chi connectivity index (χ2n) is 5.66. The Hall–Kier alpha value is -1.85. The van der Waals surface area contributed by atoms with Gasteiger partial charge in [0.25, 0.3) is 0 Å². The summed E-state index contributed by atoms with van der Waals surface area (Å²) in [5.41, 5.74) is 1.27. The number of hydrogen-bond acceptors (Lipinski definition) is 5. The number of H-pyrrole nitrogens is 1. The number of anilines is 2. The van der Waals surface area contributed by atoms with Crippen LogP contribution in [0.25, 0.3) is 11.0 Å². The molecule has 6 nitrogen and oxygen atoms in total. The third-order valence-corrected chi connectivity index (χ3v) is 4.01. The molecule has 0 saturated heterocycles. The van der Waals surface area contributed by atoms with Gasteiger partial charge in [-0.2, -0.15) is 15.1 Å². The first-order chi connectivity index (χ1) is 9.76. The summed E-state index contributed by atoms with van der Waals surface area (Å²) in [5.74, 6) is 1.52. The zero-order valence-electron chi connectivity index (χ0n) is 12.2. The van der Waals surface area contributed by atoms with E-state index in [1.807, 2.05) is 6.92 Å². The van der Waals surface area contributed by atoms with E-state index in [-0.39, 0.29) is 0 Å². The van der Waals surface area contributed by atoms with Gasteiger partial charge in [0.05, 0.1) is 11.6 Å². The lowest BCUT2D eigenvalue weighted by molar-refractivity contribution is 0.485. The molecule has 0 unspecified atom stereocenters. The van der Waals surface area contributed by atoms with Crippen molar-refractivity contribution in [3.63, 3.8) is 0 Å². The molecule has 0 amide bonds. The molecule has 1 fully saturated rings. The van der Waals surface area contributed by atoms with Crippen molar-refractivity contribution in [3.05, 3.63) is 6.20 Å². The van der Waals surface area contributed by atoms with Gasteiger partial charge in [-0.05, 0) is 31.6 Å². The molecule has 3 rings (SSSR count). The topological polar surface area (TPSA) is 78.5 Å². The molecule has 0 radical (unpaired) electrons. The highest BCUT2D eigenvalue weighted by Gasteiger charge is 2.41. The van der Waals surface area contributed by atoms with Crippen LogP contribution in [0.15, 0.2) is 6.20 Å². The van der Waals surface area contributed by atoms with Crippen molar-refractivity contribution in [1.29, 1.82) is 0 Å². The maximum Gasteiger partial charge on any atom is 0.226 e. The van der Waals surface area contributed by atoms with Crippen molar-refractivity contribution in [1.82, 2.24) is 20.2 Å². The number of aromatic nitrogens is 4. The van der Waals surface area contributed by atoms with Gasteiger partial charge < -0.3 is 10.6 Å². The van der Waals surface area contributed by atoms with Crippen molar-refractivity contribution in [2.45, 2.75) is 39.5 Å². The van der Waals surface area contributed by atoms with E-state index in [2.05, 4.69) is 37.7 Å². The number of nitrogens with one attached hydrogen (secondary N) is 3. The Morgan fingerprint density at radius 3 is 2.80 bits per heavy atom. The molecule has 108 valence electrons. The Morgan fingerprint density at radius 1 is 1.25 bits per heavy atom. The molecule has 6 heteroatoms. The molecule has 1 aliphatic rings. The average molecular weight is 274 g/mol. The minimum absolute atomic E-state index is 0.494. The molecule has 0 bridgehead atoms. The highest BCUT2D eigenvalue weighted by atomic mass is 15.2. The summed E-state index contributed by atoms with van der Waals surface area (Å²) in [4.78, 5) is 8.96. The largest absolute Gasteiger partial charge is 0.369 e. The van der Waals surface area contributed by atoms with Gasteiger partial charge in [-0.25, -0.2) is 0 Å². The molecule has 20 heavy (non-hydrogen) atoms. The third kappa shape index (κ3) is 2.55. The van der Waals surface area contributed by atoms with Crippen molar-refractivity contribution < 1.29 is 0 Å². The van der Waals surface area contributed by atoms with Gasteiger partial charge in [0.15, 0.2) is 5.65 Å². The van der Waals surface area contributed by atoms with Gasteiger partial charge in [0, 0.05) is 13.1 Å². The van der Waals surface area contributed by atoms with Gasteiger partial charge in [-0.1, -0.05) is 13.3 Å². The molecule has 0 aromatic carbocycles. The van der Waals surface area contributed by atoms with Crippen LogP contribution in [0.1, 0.15) is 39.5 Å². The Bertz CT molecular complexity index is 586. The van der Waals surface area contributed by atoms with Gasteiger partial charge >= 0.3 is 0 Å². The predicted octanol–water partition coefficient (Wildman–Crippen LogP) is 2.78. The lowest BCUT2D eigenvalue weighted by Crippen LogP contribution is -2.16. The van der Waals surface area contributed by atoms with E-state index < -0.39 is 0 Å². The van der Waals surface area contributed by atoms with E-state index in [1.165, 1.54) is 25.7 Å². The zero-order valence-corrected chi connectivity index (χ0v) is 12.2. The van der Waals surface area contributed by atoms with Crippen molar-refractivity contribution in [2.75, 3.05) is 23.7 Å². The van der Waals surface area contributed by atoms with E-state index in [0.717, 1.165) is 29.9 Å². The number of fused-ring (bicyclic) bond motifs is 1. The van der Waals surface area contributed by atoms with Crippen molar-refractivity contribution in [2.24, 2.45) is 5.41 Å². The van der Waals surface area contributed by atoms with Gasteiger partial charge in [-0.15, -0.1) is 0 Å². The standard InChI is InChI=1S/C14H22N6/c1-3-5-14(6-7-14)9-16-11-10-8-17-20-12(10)19-13(18-11)15-4-2/h8H,3-7,9H2,1-2H3,(H3,15,16,17,18,19,20). The summed E-state index contributed by atoms with van der Waals surface area (Å²) in [6, 6.07) is 0. The van der Waals surface area contributed by atoms with Crippen molar-refractivity contribution in [3.8, 4) is 0 Å². The number of hydrogen-bond donors (Lipinski definition) is 3. The number of aromatic amines is 1. The Labute approximate surface area is 118 Å². The first-order valence-corrected chi connectivity index (χ1v) is 7.45. The van der Waals surface area contributed by atoms with Crippen LogP contribution >= 0.6 is 0 Å². The summed E-state index contributed by atoms with van der Waals surface area (Å²) in [6.07, 6.45) is 6.97. The van der Waals surface area contributed by atoms with Crippen LogP contribution in [0.3, 0.4) is 0 Å². The third-order valence-electron chi connectivity index (χ3n) is 4.01. The molecule has 0 spiro atoms. The average Bonchev–Trinajstić information content (AvgIpc) is 3.03. The molecular weight excluding hydrogens is 252 g/mol. The molecule has 2 heterocycles. The fraction of sp³-hybridized carbons (Fsp3) is 0.643. The summed E-state index contributed by atoms with van der Waals surface area (Å²) in [5, 5.41) is 14.6. The van der Waals surface area contributed by atoms with E-state index in [0.29, 0.717) is 11.4 Å². The zero-order chi connectivity index (χ0) is 14.0. The summed E-state index contributed by atoms with van der Waals surface area (Å²) >= 11 is 0. The normalized spacial score (nSPS) is 16.3. The van der Waals surface area contributed by atoms with Gasteiger partial charge in [0.1, 0.15) is 5.82 Å². The Kier molecular flexibility index (Phi) is 3.46. The maximum atomic E-state index is 4.56. The lowest BCUT2D eigenvalue weighted by Gasteiger charge is -2.16. The van der Waals surface area contributed by atoms with E-state index >= 15 is 0 Å². The fourth-order valence-electron chi connectivity index (χ4n) is 2.70. The quantitative estimate of drug-likeness (QED) is 0.723. The van der Waals surface area contributed by atoms with Crippen LogP contribution in [-0.2, 0) is 0 Å². The van der Waals surface area contributed by atoms with Crippen LogP contribution in [0, 0.1) is 5.41 Å². The molecule has 1 aliphatic carbocycles. The SMILES string of the molecule is CCCC1(CNc2nc(NCC)nc3[nH]ncc23)CC1. The summed E-state index contributed by atoms with van der Waals surface area (Å²) < 4.78 is 0.